The van der Waals surface area contributed by atoms with E-state index >= 15 is 0 Å². The lowest BCUT2D eigenvalue weighted by Crippen LogP contribution is -2.24. The van der Waals surface area contributed by atoms with E-state index in [4.69, 9.17) is 14.2 Å². The molecule has 0 spiro atoms. The quantitative estimate of drug-likeness (QED) is 0.712. The summed E-state index contributed by atoms with van der Waals surface area (Å²) in [7, 11) is 0.559. The molecule has 0 atom stereocenters. The standard InChI is InChI=1S/C18H22N2O6S/c1-5-19-27(22,23)17-10-12(6-9-15(17)25-3)18(21)20-14-8-7-13(24-2)11-16(14)26-4/h6-11,19H,5H2,1-4H3,(H,20,21). The predicted octanol–water partition coefficient (Wildman–Crippen LogP) is 2.26. The van der Waals surface area contributed by atoms with Crippen LogP contribution in [0.2, 0.25) is 0 Å². The van der Waals surface area contributed by atoms with Gasteiger partial charge in [0.15, 0.2) is 0 Å². The van der Waals surface area contributed by atoms with Crippen LogP contribution in [0, 0.1) is 0 Å². The summed E-state index contributed by atoms with van der Waals surface area (Å²) in [5.74, 6) is 0.647. The Morgan fingerprint density at radius 3 is 2.26 bits per heavy atom. The van der Waals surface area contributed by atoms with Gasteiger partial charge in [0.1, 0.15) is 22.1 Å². The first-order valence-corrected chi connectivity index (χ1v) is 9.55. The van der Waals surface area contributed by atoms with Crippen molar-refractivity contribution in [2.45, 2.75) is 11.8 Å². The molecule has 0 saturated carbocycles. The molecule has 0 aromatic heterocycles. The molecule has 0 radical (unpaired) electrons. The highest BCUT2D eigenvalue weighted by Crippen LogP contribution is 2.30. The number of carbonyl (C=O) groups is 1. The second-order valence-corrected chi connectivity index (χ2v) is 7.12. The lowest BCUT2D eigenvalue weighted by atomic mass is 10.2. The molecule has 0 aliphatic heterocycles. The SMILES string of the molecule is CCNS(=O)(=O)c1cc(C(=O)Nc2ccc(OC)cc2OC)ccc1OC. The van der Waals surface area contributed by atoms with E-state index in [-0.39, 0.29) is 22.8 Å². The number of carbonyl (C=O) groups excluding carboxylic acids is 1. The maximum absolute atomic E-state index is 12.6. The topological polar surface area (TPSA) is 103 Å². The average molecular weight is 394 g/mol. The summed E-state index contributed by atoms with van der Waals surface area (Å²) in [6, 6.07) is 9.12. The monoisotopic (exact) mass is 394 g/mol. The van der Waals surface area contributed by atoms with Crippen LogP contribution in [0.3, 0.4) is 0 Å². The van der Waals surface area contributed by atoms with Crippen molar-refractivity contribution in [2.75, 3.05) is 33.2 Å². The number of amides is 1. The Morgan fingerprint density at radius 1 is 0.963 bits per heavy atom. The molecule has 2 N–H and O–H groups in total. The third-order valence-electron chi connectivity index (χ3n) is 3.71. The van der Waals surface area contributed by atoms with Gasteiger partial charge < -0.3 is 19.5 Å². The largest absolute Gasteiger partial charge is 0.497 e. The van der Waals surface area contributed by atoms with E-state index in [1.807, 2.05) is 0 Å². The van der Waals surface area contributed by atoms with Crippen LogP contribution in [0.4, 0.5) is 5.69 Å². The number of nitrogens with one attached hydrogen (secondary N) is 2. The van der Waals surface area contributed by atoms with Gasteiger partial charge in [0, 0.05) is 18.2 Å². The highest BCUT2D eigenvalue weighted by molar-refractivity contribution is 7.89. The van der Waals surface area contributed by atoms with Gasteiger partial charge in [-0.1, -0.05) is 6.92 Å². The van der Waals surface area contributed by atoms with Crippen LogP contribution in [0.25, 0.3) is 0 Å². The van der Waals surface area contributed by atoms with Crippen LogP contribution in [0.1, 0.15) is 17.3 Å². The molecule has 146 valence electrons. The van der Waals surface area contributed by atoms with E-state index in [9.17, 15) is 13.2 Å². The first-order valence-electron chi connectivity index (χ1n) is 8.07. The zero-order valence-electron chi connectivity index (χ0n) is 15.5. The molecule has 0 fully saturated rings. The lowest BCUT2D eigenvalue weighted by molar-refractivity contribution is 0.102. The summed E-state index contributed by atoms with van der Waals surface area (Å²) in [4.78, 5) is 12.5. The van der Waals surface area contributed by atoms with Gasteiger partial charge in [-0.25, -0.2) is 13.1 Å². The number of hydrogen-bond donors (Lipinski definition) is 2. The third-order valence-corrected chi connectivity index (χ3v) is 5.27. The highest BCUT2D eigenvalue weighted by atomic mass is 32.2. The molecule has 0 bridgehead atoms. The number of benzene rings is 2. The van der Waals surface area contributed by atoms with E-state index < -0.39 is 15.9 Å². The smallest absolute Gasteiger partial charge is 0.255 e. The molecule has 8 nitrogen and oxygen atoms in total. The first-order chi connectivity index (χ1) is 12.9. The Kier molecular flexibility index (Phi) is 6.65. The average Bonchev–Trinajstić information content (AvgIpc) is 2.67. The van der Waals surface area contributed by atoms with Gasteiger partial charge in [-0.15, -0.1) is 0 Å². The Hall–Kier alpha value is -2.78. The van der Waals surface area contributed by atoms with Crippen molar-refractivity contribution in [2.24, 2.45) is 0 Å². The molecule has 0 aliphatic carbocycles. The summed E-state index contributed by atoms with van der Waals surface area (Å²) in [5, 5.41) is 2.70. The minimum absolute atomic E-state index is 0.110. The fourth-order valence-corrected chi connectivity index (χ4v) is 3.63. The van der Waals surface area contributed by atoms with E-state index in [0.717, 1.165) is 0 Å². The van der Waals surface area contributed by atoms with Crippen molar-refractivity contribution in [3.05, 3.63) is 42.0 Å². The molecule has 9 heteroatoms. The predicted molar refractivity (Wildman–Crippen MR) is 101 cm³/mol. The van der Waals surface area contributed by atoms with Gasteiger partial charge in [-0.05, 0) is 30.3 Å². The molecule has 0 unspecified atom stereocenters. The first kappa shape index (κ1) is 20.5. The van der Waals surface area contributed by atoms with Crippen LogP contribution < -0.4 is 24.2 Å². The number of hydrogen-bond acceptors (Lipinski definition) is 6. The molecule has 2 aromatic rings. The second kappa shape index (κ2) is 8.74. The molecule has 0 aliphatic rings. The maximum Gasteiger partial charge on any atom is 0.255 e. The second-order valence-electron chi connectivity index (χ2n) is 5.39. The van der Waals surface area contributed by atoms with E-state index in [1.54, 1.807) is 25.1 Å². The minimum Gasteiger partial charge on any atom is -0.497 e. The highest BCUT2D eigenvalue weighted by Gasteiger charge is 2.21. The van der Waals surface area contributed by atoms with Gasteiger partial charge in [-0.2, -0.15) is 0 Å². The van der Waals surface area contributed by atoms with Crippen molar-refractivity contribution < 1.29 is 27.4 Å². The molecular weight excluding hydrogens is 372 g/mol. The number of anilines is 1. The van der Waals surface area contributed by atoms with Crippen molar-refractivity contribution in [3.63, 3.8) is 0 Å². The summed E-state index contributed by atoms with van der Waals surface area (Å²) >= 11 is 0. The summed E-state index contributed by atoms with van der Waals surface area (Å²) in [6.07, 6.45) is 0. The van der Waals surface area contributed by atoms with Gasteiger partial charge >= 0.3 is 0 Å². The van der Waals surface area contributed by atoms with Gasteiger partial charge in [0.05, 0.1) is 27.0 Å². The van der Waals surface area contributed by atoms with E-state index in [2.05, 4.69) is 10.0 Å². The van der Waals surface area contributed by atoms with E-state index in [0.29, 0.717) is 17.2 Å². The molecule has 0 saturated heterocycles. The van der Waals surface area contributed by atoms with Crippen LogP contribution >= 0.6 is 0 Å². The van der Waals surface area contributed by atoms with Crippen molar-refractivity contribution >= 4 is 21.6 Å². The summed E-state index contributed by atoms with van der Waals surface area (Å²) in [5.41, 5.74) is 0.584. The van der Waals surface area contributed by atoms with Crippen molar-refractivity contribution in [3.8, 4) is 17.2 Å². The Balaban J connectivity index is 2.37. The van der Waals surface area contributed by atoms with Crippen LogP contribution in [0.5, 0.6) is 17.2 Å². The number of sulfonamides is 1. The fraction of sp³-hybridized carbons (Fsp3) is 0.278. The fourth-order valence-electron chi connectivity index (χ4n) is 2.39. The Morgan fingerprint density at radius 2 is 1.67 bits per heavy atom. The molecule has 2 rings (SSSR count). The van der Waals surface area contributed by atoms with Crippen LogP contribution in [-0.2, 0) is 10.0 Å². The van der Waals surface area contributed by atoms with Crippen molar-refractivity contribution in [1.29, 1.82) is 0 Å². The maximum atomic E-state index is 12.6. The Labute approximate surface area is 158 Å². The van der Waals surface area contributed by atoms with Crippen molar-refractivity contribution in [1.82, 2.24) is 4.72 Å². The zero-order valence-corrected chi connectivity index (χ0v) is 16.3. The normalized spacial score (nSPS) is 11.0. The Bertz CT molecular complexity index is 927. The van der Waals surface area contributed by atoms with Gasteiger partial charge in [-0.3, -0.25) is 4.79 Å². The molecule has 27 heavy (non-hydrogen) atoms. The summed E-state index contributed by atoms with van der Waals surface area (Å²) < 4.78 is 42.6. The molecule has 0 heterocycles. The number of rotatable bonds is 8. The van der Waals surface area contributed by atoms with E-state index in [1.165, 1.54) is 39.5 Å². The van der Waals surface area contributed by atoms with Gasteiger partial charge in [0.25, 0.3) is 5.91 Å². The van der Waals surface area contributed by atoms with Crippen LogP contribution in [-0.4, -0.2) is 42.2 Å². The molecule has 2 aromatic carbocycles. The van der Waals surface area contributed by atoms with Gasteiger partial charge in [0.2, 0.25) is 10.0 Å². The minimum atomic E-state index is -3.80. The zero-order chi connectivity index (χ0) is 20.0. The number of methoxy groups -OCH3 is 3. The molecular formula is C18H22N2O6S. The van der Waals surface area contributed by atoms with Crippen LogP contribution in [0.15, 0.2) is 41.3 Å². The summed E-state index contributed by atoms with van der Waals surface area (Å²) in [6.45, 7) is 1.88. The third kappa shape index (κ3) is 4.69. The molecule has 1 amide bonds. The number of ether oxygens (including phenoxy) is 3. The lowest BCUT2D eigenvalue weighted by Gasteiger charge is -2.13.